The molecule has 0 aliphatic heterocycles. The lowest BCUT2D eigenvalue weighted by atomic mass is 10.1. The van der Waals surface area contributed by atoms with Crippen LogP contribution in [-0.4, -0.2) is 80.6 Å². The molecule has 0 aliphatic rings. The maximum absolute atomic E-state index is 12.5. The summed E-state index contributed by atoms with van der Waals surface area (Å²) in [5, 5.41) is 9.55. The van der Waals surface area contributed by atoms with Crippen molar-refractivity contribution in [2.45, 2.75) is 148 Å². The minimum absolute atomic E-state index is 0.0434. The van der Waals surface area contributed by atoms with E-state index in [4.69, 9.17) is 14.2 Å². The van der Waals surface area contributed by atoms with Gasteiger partial charge < -0.3 is 23.8 Å². The first-order valence-electron chi connectivity index (χ1n) is 18.7. The van der Waals surface area contributed by atoms with E-state index >= 15 is 0 Å². The van der Waals surface area contributed by atoms with Crippen LogP contribution in [0, 0.1) is 0 Å². The SMILES string of the molecule is CCCCC/C=C/C/C=C/C/C=C/C/C=C/CCCC(=O)OCC(COCCC(C(=O)O)[N+](C)(C)C)OC(=O)CCCCCCCCC. The quantitative estimate of drug-likeness (QED) is 0.0328. The monoisotopic (exact) mass is 677 g/mol. The van der Waals surface area contributed by atoms with Crippen LogP contribution in [-0.2, 0) is 28.6 Å². The van der Waals surface area contributed by atoms with Crippen molar-refractivity contribution < 1.29 is 38.2 Å². The van der Waals surface area contributed by atoms with Crippen molar-refractivity contribution in [3.05, 3.63) is 48.6 Å². The zero-order valence-corrected chi connectivity index (χ0v) is 31.2. The number of hydrogen-bond acceptors (Lipinski definition) is 6. The van der Waals surface area contributed by atoms with Gasteiger partial charge in [-0.1, -0.05) is 114 Å². The normalized spacial score (nSPS) is 13.6. The Hall–Kier alpha value is -2.71. The minimum Gasteiger partial charge on any atom is -0.477 e. The van der Waals surface area contributed by atoms with E-state index in [1.807, 2.05) is 21.1 Å². The molecule has 2 unspecified atom stereocenters. The molecule has 1 N–H and O–H groups in total. The van der Waals surface area contributed by atoms with Gasteiger partial charge in [-0.05, 0) is 51.4 Å². The highest BCUT2D eigenvalue weighted by molar-refractivity contribution is 5.72. The number of carbonyl (C=O) groups excluding carboxylic acids is 2. The van der Waals surface area contributed by atoms with E-state index in [0.29, 0.717) is 19.3 Å². The number of esters is 2. The standard InChI is InChI=1S/C40H69NO7/c1-6-8-10-12-14-15-16-17-18-19-20-21-22-23-25-26-28-30-38(42)47-35-36(34-46-33-32-37(40(44)45)41(3,4)5)48-39(43)31-29-27-24-13-11-9-7-2/h14-15,17-18,20-21,23,25,36-37H,6-13,16,19,22,24,26-35H2,1-5H3/p+1/b15-14+,18-17+,21-20+,25-23+. The summed E-state index contributed by atoms with van der Waals surface area (Å²) >= 11 is 0. The number of unbranched alkanes of at least 4 members (excludes halogenated alkanes) is 10. The van der Waals surface area contributed by atoms with E-state index in [2.05, 4.69) is 62.5 Å². The Morgan fingerprint density at radius 1 is 0.625 bits per heavy atom. The summed E-state index contributed by atoms with van der Waals surface area (Å²) in [4.78, 5) is 36.6. The summed E-state index contributed by atoms with van der Waals surface area (Å²) in [6, 6.07) is -0.620. The number of hydrogen-bond donors (Lipinski definition) is 1. The van der Waals surface area contributed by atoms with Crippen molar-refractivity contribution in [1.82, 2.24) is 0 Å². The number of aliphatic carboxylic acids is 1. The Labute approximate surface area is 293 Å². The van der Waals surface area contributed by atoms with Gasteiger partial charge in [0.15, 0.2) is 12.1 Å². The Bertz CT molecular complexity index is 932. The first-order valence-corrected chi connectivity index (χ1v) is 18.7. The molecule has 2 atom stereocenters. The van der Waals surface area contributed by atoms with Gasteiger partial charge in [-0.2, -0.15) is 0 Å². The van der Waals surface area contributed by atoms with Crippen LogP contribution < -0.4 is 0 Å². The Kier molecular flexibility index (Phi) is 29.8. The molecule has 0 aromatic rings. The average Bonchev–Trinajstić information content (AvgIpc) is 3.03. The molecule has 0 amide bonds. The molecule has 0 bridgehead atoms. The molecule has 0 aromatic carbocycles. The molecule has 8 nitrogen and oxygen atoms in total. The lowest BCUT2D eigenvalue weighted by Crippen LogP contribution is -2.50. The number of quaternary nitrogens is 1. The lowest BCUT2D eigenvalue weighted by Gasteiger charge is -2.31. The Morgan fingerprint density at radius 2 is 1.12 bits per heavy atom. The predicted octanol–water partition coefficient (Wildman–Crippen LogP) is 9.29. The summed E-state index contributed by atoms with van der Waals surface area (Å²) in [6.07, 6.45) is 34.6. The van der Waals surface area contributed by atoms with Crippen LogP contribution in [0.3, 0.4) is 0 Å². The molecule has 0 rings (SSSR count). The summed E-state index contributed by atoms with van der Waals surface area (Å²) in [5.41, 5.74) is 0. The van der Waals surface area contributed by atoms with E-state index in [9.17, 15) is 19.5 Å². The highest BCUT2D eigenvalue weighted by Gasteiger charge is 2.31. The molecule has 0 saturated carbocycles. The number of allylic oxidation sites excluding steroid dienone is 8. The van der Waals surface area contributed by atoms with Crippen LogP contribution in [0.5, 0.6) is 0 Å². The van der Waals surface area contributed by atoms with E-state index in [0.717, 1.165) is 44.9 Å². The topological polar surface area (TPSA) is 99.1 Å². The molecule has 0 fully saturated rings. The average molecular weight is 677 g/mol. The summed E-state index contributed by atoms with van der Waals surface area (Å²) < 4.78 is 17.1. The molecule has 0 saturated heterocycles. The van der Waals surface area contributed by atoms with Crippen LogP contribution >= 0.6 is 0 Å². The zero-order chi connectivity index (χ0) is 35.7. The number of carboxylic acid groups (broad SMARTS) is 1. The maximum atomic E-state index is 12.5. The fourth-order valence-corrected chi connectivity index (χ4v) is 5.02. The van der Waals surface area contributed by atoms with Gasteiger partial charge in [0.05, 0.1) is 34.4 Å². The summed E-state index contributed by atoms with van der Waals surface area (Å²) in [7, 11) is 5.49. The molecule has 48 heavy (non-hydrogen) atoms. The van der Waals surface area contributed by atoms with E-state index in [1.54, 1.807) is 0 Å². The van der Waals surface area contributed by atoms with Gasteiger partial charge in [0.25, 0.3) is 0 Å². The number of likely N-dealkylation sites (N-methyl/N-ethyl adjacent to an activating group) is 1. The van der Waals surface area contributed by atoms with Crippen LogP contribution in [0.4, 0.5) is 0 Å². The van der Waals surface area contributed by atoms with Crippen molar-refractivity contribution in [2.75, 3.05) is 41.0 Å². The predicted molar refractivity (Wildman–Crippen MR) is 197 cm³/mol. The number of nitrogens with zero attached hydrogens (tertiary/aromatic N) is 1. The number of carbonyl (C=O) groups is 3. The van der Waals surface area contributed by atoms with Gasteiger partial charge in [0, 0.05) is 19.3 Å². The molecule has 8 heteroatoms. The highest BCUT2D eigenvalue weighted by Crippen LogP contribution is 2.12. The van der Waals surface area contributed by atoms with E-state index in [1.165, 1.54) is 51.4 Å². The van der Waals surface area contributed by atoms with Crippen molar-refractivity contribution in [3.8, 4) is 0 Å². The molecule has 0 aliphatic carbocycles. The summed E-state index contributed by atoms with van der Waals surface area (Å²) in [6.45, 7) is 4.58. The van der Waals surface area contributed by atoms with Crippen LogP contribution in [0.1, 0.15) is 136 Å². The summed E-state index contributed by atoms with van der Waals surface area (Å²) in [5.74, 6) is -1.55. The fraction of sp³-hybridized carbons (Fsp3) is 0.725. The second kappa shape index (κ2) is 31.6. The van der Waals surface area contributed by atoms with E-state index in [-0.39, 0.29) is 42.7 Å². The molecule has 276 valence electrons. The lowest BCUT2D eigenvalue weighted by molar-refractivity contribution is -0.887. The first-order chi connectivity index (χ1) is 23.1. The maximum Gasteiger partial charge on any atom is 0.362 e. The second-order valence-electron chi connectivity index (χ2n) is 13.5. The van der Waals surface area contributed by atoms with Gasteiger partial charge >= 0.3 is 17.9 Å². The first kappa shape index (κ1) is 45.3. The number of ether oxygens (including phenoxy) is 3. The number of carboxylic acids is 1. The van der Waals surface area contributed by atoms with Crippen LogP contribution in [0.2, 0.25) is 0 Å². The molecule has 0 spiro atoms. The second-order valence-corrected chi connectivity index (χ2v) is 13.5. The number of rotatable bonds is 32. The largest absolute Gasteiger partial charge is 0.477 e. The van der Waals surface area contributed by atoms with Crippen LogP contribution in [0.15, 0.2) is 48.6 Å². The third-order valence-electron chi connectivity index (χ3n) is 7.98. The van der Waals surface area contributed by atoms with E-state index < -0.39 is 18.1 Å². The van der Waals surface area contributed by atoms with Crippen molar-refractivity contribution in [1.29, 1.82) is 0 Å². The Morgan fingerprint density at radius 3 is 1.69 bits per heavy atom. The molecule has 0 radical (unpaired) electrons. The minimum atomic E-state index is -0.885. The molecule has 0 heterocycles. The van der Waals surface area contributed by atoms with Crippen molar-refractivity contribution in [2.24, 2.45) is 0 Å². The van der Waals surface area contributed by atoms with Crippen molar-refractivity contribution in [3.63, 3.8) is 0 Å². The third-order valence-corrected chi connectivity index (χ3v) is 7.98. The van der Waals surface area contributed by atoms with Gasteiger partial charge in [0.2, 0.25) is 0 Å². The van der Waals surface area contributed by atoms with Gasteiger partial charge in [-0.3, -0.25) is 9.59 Å². The third kappa shape index (κ3) is 29.4. The highest BCUT2D eigenvalue weighted by atomic mass is 16.6. The van der Waals surface area contributed by atoms with Gasteiger partial charge in [0.1, 0.15) is 6.61 Å². The van der Waals surface area contributed by atoms with Gasteiger partial charge in [-0.25, -0.2) is 4.79 Å². The fourth-order valence-electron chi connectivity index (χ4n) is 5.02. The van der Waals surface area contributed by atoms with Crippen molar-refractivity contribution >= 4 is 17.9 Å². The molecule has 0 aromatic heterocycles. The molecular formula is C40H70NO7+. The van der Waals surface area contributed by atoms with Gasteiger partial charge in [-0.15, -0.1) is 0 Å². The molecular weight excluding hydrogens is 606 g/mol. The smallest absolute Gasteiger partial charge is 0.362 e. The van der Waals surface area contributed by atoms with Crippen LogP contribution in [0.25, 0.3) is 0 Å². The Balaban J connectivity index is 4.45. The zero-order valence-electron chi connectivity index (χ0n) is 31.2.